The van der Waals surface area contributed by atoms with Gasteiger partial charge in [-0.15, -0.1) is 0 Å². The van der Waals surface area contributed by atoms with Gasteiger partial charge in [0.15, 0.2) is 0 Å². The zero-order valence-electron chi connectivity index (χ0n) is 14.4. The third kappa shape index (κ3) is 3.26. The number of hydrogen-bond donors (Lipinski definition) is 2. The molecule has 1 aromatic heterocycles. The summed E-state index contributed by atoms with van der Waals surface area (Å²) in [5.41, 5.74) is 1.02. The predicted molar refractivity (Wildman–Crippen MR) is 101 cm³/mol. The summed E-state index contributed by atoms with van der Waals surface area (Å²) in [4.78, 5) is 17.3. The van der Waals surface area contributed by atoms with Gasteiger partial charge in [0.25, 0.3) is 0 Å². The highest BCUT2D eigenvalue weighted by Gasteiger charge is 2.42. The summed E-state index contributed by atoms with van der Waals surface area (Å²) >= 11 is 5.90. The molecule has 0 fully saturated rings. The van der Waals surface area contributed by atoms with E-state index in [1.807, 2.05) is 6.92 Å². The highest BCUT2D eigenvalue weighted by atomic mass is 35.5. The minimum Gasteiger partial charge on any atom is -0.351 e. The summed E-state index contributed by atoms with van der Waals surface area (Å²) in [5, 5.41) is 10.9. The van der Waals surface area contributed by atoms with Crippen molar-refractivity contribution in [3.05, 3.63) is 71.3 Å². The van der Waals surface area contributed by atoms with Crippen LogP contribution in [-0.2, 0) is 4.79 Å². The van der Waals surface area contributed by atoms with Gasteiger partial charge in [-0.3, -0.25) is 4.79 Å². The highest BCUT2D eigenvalue weighted by molar-refractivity contribution is 6.30. The summed E-state index contributed by atoms with van der Waals surface area (Å²) in [7, 11) is 0. The molecule has 0 saturated carbocycles. The van der Waals surface area contributed by atoms with Gasteiger partial charge in [0.1, 0.15) is 12.1 Å². The van der Waals surface area contributed by atoms with Gasteiger partial charge >= 0.3 is 0 Å². The minimum atomic E-state index is -0.618. The SMILES string of the molecule is C[C@@H]1Nc2ncnn2[C@@H](c2ccccc2F)[C@@H]1C(=O)Nc1ccc(Cl)cc1. The van der Waals surface area contributed by atoms with Gasteiger partial charge in [0.05, 0.1) is 12.0 Å². The van der Waals surface area contributed by atoms with Crippen LogP contribution in [0.15, 0.2) is 54.9 Å². The molecule has 1 aliphatic heterocycles. The molecule has 0 unspecified atom stereocenters. The largest absolute Gasteiger partial charge is 0.351 e. The number of amides is 1. The third-order valence-corrected chi connectivity index (χ3v) is 4.96. The fourth-order valence-electron chi connectivity index (χ4n) is 3.45. The number of carbonyl (C=O) groups excluding carboxylic acids is 1. The zero-order chi connectivity index (χ0) is 19.0. The van der Waals surface area contributed by atoms with Gasteiger partial charge in [-0.2, -0.15) is 10.1 Å². The molecule has 0 spiro atoms. The summed E-state index contributed by atoms with van der Waals surface area (Å²) in [6, 6.07) is 12.4. The highest BCUT2D eigenvalue weighted by Crippen LogP contribution is 2.37. The van der Waals surface area contributed by atoms with Crippen molar-refractivity contribution in [2.75, 3.05) is 10.6 Å². The summed E-state index contributed by atoms with van der Waals surface area (Å²) < 4.78 is 16.1. The van der Waals surface area contributed by atoms with Crippen LogP contribution in [0.3, 0.4) is 0 Å². The molecule has 0 saturated heterocycles. The van der Waals surface area contributed by atoms with Crippen LogP contribution in [0.5, 0.6) is 0 Å². The molecular formula is C19H17ClFN5O. The first-order valence-electron chi connectivity index (χ1n) is 8.51. The number of halogens is 2. The van der Waals surface area contributed by atoms with Crippen LogP contribution in [-0.4, -0.2) is 26.7 Å². The number of hydrogen-bond acceptors (Lipinski definition) is 4. The summed E-state index contributed by atoms with van der Waals surface area (Å²) in [6.07, 6.45) is 1.39. The number of benzene rings is 2. The van der Waals surface area contributed by atoms with E-state index in [2.05, 4.69) is 20.7 Å². The second-order valence-corrected chi connectivity index (χ2v) is 6.89. The average molecular weight is 386 g/mol. The Morgan fingerprint density at radius 1 is 1.22 bits per heavy atom. The molecule has 1 amide bonds. The Morgan fingerprint density at radius 2 is 1.96 bits per heavy atom. The van der Waals surface area contributed by atoms with Crippen LogP contribution in [0, 0.1) is 11.7 Å². The lowest BCUT2D eigenvalue weighted by Gasteiger charge is -2.36. The quantitative estimate of drug-likeness (QED) is 0.720. The second-order valence-electron chi connectivity index (χ2n) is 6.45. The van der Waals surface area contributed by atoms with E-state index in [1.165, 1.54) is 12.4 Å². The Labute approximate surface area is 160 Å². The van der Waals surface area contributed by atoms with Crippen molar-refractivity contribution in [2.24, 2.45) is 5.92 Å². The van der Waals surface area contributed by atoms with Crippen molar-refractivity contribution in [3.8, 4) is 0 Å². The van der Waals surface area contributed by atoms with Gasteiger partial charge in [-0.25, -0.2) is 9.07 Å². The Kier molecular flexibility index (Phi) is 4.53. The lowest BCUT2D eigenvalue weighted by atomic mass is 9.85. The molecule has 138 valence electrons. The molecular weight excluding hydrogens is 369 g/mol. The van der Waals surface area contributed by atoms with E-state index < -0.39 is 12.0 Å². The zero-order valence-corrected chi connectivity index (χ0v) is 15.2. The summed E-state index contributed by atoms with van der Waals surface area (Å²) in [6.45, 7) is 1.87. The van der Waals surface area contributed by atoms with Crippen molar-refractivity contribution >= 4 is 29.1 Å². The monoisotopic (exact) mass is 385 g/mol. The number of carbonyl (C=O) groups is 1. The molecule has 3 atom stereocenters. The van der Waals surface area contributed by atoms with Crippen molar-refractivity contribution in [3.63, 3.8) is 0 Å². The lowest BCUT2D eigenvalue weighted by Crippen LogP contribution is -2.46. The number of aromatic nitrogens is 3. The number of rotatable bonds is 3. The molecule has 27 heavy (non-hydrogen) atoms. The van der Waals surface area contributed by atoms with E-state index in [4.69, 9.17) is 11.6 Å². The van der Waals surface area contributed by atoms with Crippen LogP contribution in [0.1, 0.15) is 18.5 Å². The van der Waals surface area contributed by atoms with Gasteiger partial charge < -0.3 is 10.6 Å². The van der Waals surface area contributed by atoms with Crippen LogP contribution in [0.2, 0.25) is 5.02 Å². The van der Waals surface area contributed by atoms with Gasteiger partial charge in [-0.05, 0) is 37.3 Å². The molecule has 0 radical (unpaired) electrons. The van der Waals surface area contributed by atoms with E-state index >= 15 is 0 Å². The minimum absolute atomic E-state index is 0.244. The normalized spacial score (nSPS) is 21.2. The maximum absolute atomic E-state index is 14.6. The molecule has 0 bridgehead atoms. The molecule has 1 aliphatic rings. The summed E-state index contributed by atoms with van der Waals surface area (Å²) in [5.74, 6) is -0.729. The maximum Gasteiger partial charge on any atom is 0.232 e. The van der Waals surface area contributed by atoms with Crippen molar-refractivity contribution in [1.29, 1.82) is 0 Å². The molecule has 4 rings (SSSR count). The van der Waals surface area contributed by atoms with Gasteiger partial charge in [0.2, 0.25) is 11.9 Å². The molecule has 2 heterocycles. The van der Waals surface area contributed by atoms with Crippen molar-refractivity contribution in [2.45, 2.75) is 19.0 Å². The molecule has 3 aromatic rings. The van der Waals surface area contributed by atoms with Gasteiger partial charge in [0, 0.05) is 22.3 Å². The average Bonchev–Trinajstić information content (AvgIpc) is 3.11. The predicted octanol–water partition coefficient (Wildman–Crippen LogP) is 3.73. The number of anilines is 2. The number of nitrogens with zero attached hydrogens (tertiary/aromatic N) is 3. The first kappa shape index (κ1) is 17.5. The Balaban J connectivity index is 1.73. The van der Waals surface area contributed by atoms with Crippen LogP contribution >= 0.6 is 11.6 Å². The lowest BCUT2D eigenvalue weighted by molar-refractivity contribution is -0.121. The standard InChI is InChI=1S/C19H17ClFN5O/c1-11-16(18(27)25-13-8-6-12(20)7-9-13)17(14-4-2-3-5-15(14)21)26-19(24-11)22-10-23-26/h2-11,16-17H,1H3,(H,25,27)(H,22,23,24)/t11-,16+,17-/m0/s1. The van der Waals surface area contributed by atoms with Crippen LogP contribution < -0.4 is 10.6 Å². The maximum atomic E-state index is 14.6. The van der Waals surface area contributed by atoms with Crippen LogP contribution in [0.4, 0.5) is 16.0 Å². The molecule has 8 heteroatoms. The van der Waals surface area contributed by atoms with Gasteiger partial charge in [-0.1, -0.05) is 29.8 Å². The smallest absolute Gasteiger partial charge is 0.232 e. The Hall–Kier alpha value is -2.93. The fraction of sp³-hybridized carbons (Fsp3) is 0.211. The number of nitrogens with one attached hydrogen (secondary N) is 2. The molecule has 2 N–H and O–H groups in total. The van der Waals surface area contributed by atoms with E-state index in [9.17, 15) is 9.18 Å². The molecule has 2 aromatic carbocycles. The Bertz CT molecular complexity index is 974. The first-order valence-corrected chi connectivity index (χ1v) is 8.89. The van der Waals surface area contributed by atoms with E-state index in [-0.39, 0.29) is 17.8 Å². The fourth-order valence-corrected chi connectivity index (χ4v) is 3.57. The van der Waals surface area contributed by atoms with Crippen LogP contribution in [0.25, 0.3) is 0 Å². The molecule has 0 aliphatic carbocycles. The number of fused-ring (bicyclic) bond motifs is 1. The van der Waals surface area contributed by atoms with E-state index in [1.54, 1.807) is 47.1 Å². The Morgan fingerprint density at radius 3 is 2.70 bits per heavy atom. The second kappa shape index (κ2) is 7.00. The van der Waals surface area contributed by atoms with Crippen molar-refractivity contribution in [1.82, 2.24) is 14.8 Å². The van der Waals surface area contributed by atoms with Crippen molar-refractivity contribution < 1.29 is 9.18 Å². The topological polar surface area (TPSA) is 71.8 Å². The third-order valence-electron chi connectivity index (χ3n) is 4.71. The van der Waals surface area contributed by atoms with E-state index in [0.717, 1.165) is 0 Å². The first-order chi connectivity index (χ1) is 13.0. The molecule has 6 nitrogen and oxygen atoms in total. The van der Waals surface area contributed by atoms with E-state index in [0.29, 0.717) is 22.2 Å².